The van der Waals surface area contributed by atoms with Crippen LogP contribution in [0.4, 0.5) is 5.95 Å². The molecule has 2 N–H and O–H groups in total. The van der Waals surface area contributed by atoms with Crippen LogP contribution in [-0.2, 0) is 0 Å². The monoisotopic (exact) mass is 194 g/mol. The fourth-order valence-electron chi connectivity index (χ4n) is 1.29. The topological polar surface area (TPSA) is 55.0 Å². The number of nitrogens with zero attached hydrogens (tertiary/aromatic N) is 3. The molecule has 1 rings (SSSR count). The zero-order valence-corrected chi connectivity index (χ0v) is 8.85. The molecule has 4 nitrogen and oxygen atoms in total. The minimum absolute atomic E-state index is 0.406. The third kappa shape index (κ3) is 2.96. The molecule has 14 heavy (non-hydrogen) atoms. The van der Waals surface area contributed by atoms with Crippen LogP contribution in [0.25, 0.3) is 0 Å². The highest BCUT2D eigenvalue weighted by atomic mass is 15.3. The molecule has 1 aromatic heterocycles. The molecule has 0 saturated heterocycles. The van der Waals surface area contributed by atoms with Gasteiger partial charge in [0.1, 0.15) is 0 Å². The minimum Gasteiger partial charge on any atom is -0.338 e. The molecule has 0 amide bonds. The quantitative estimate of drug-likeness (QED) is 0.761. The smallest absolute Gasteiger partial charge is 0.225 e. The normalized spacial score (nSPS) is 10.6. The SMILES string of the molecule is CC(C)N(CCCN)c1ncccn1. The van der Waals surface area contributed by atoms with Crippen molar-refractivity contribution in [3.63, 3.8) is 0 Å². The van der Waals surface area contributed by atoms with E-state index in [1.54, 1.807) is 12.4 Å². The van der Waals surface area contributed by atoms with Gasteiger partial charge in [-0.05, 0) is 32.9 Å². The predicted octanol–water partition coefficient (Wildman–Crippen LogP) is 1.04. The summed E-state index contributed by atoms with van der Waals surface area (Å²) in [5, 5.41) is 0. The van der Waals surface area contributed by atoms with Crippen molar-refractivity contribution >= 4 is 5.95 Å². The van der Waals surface area contributed by atoms with Crippen LogP contribution in [0.2, 0.25) is 0 Å². The van der Waals surface area contributed by atoms with Gasteiger partial charge in [-0.2, -0.15) is 0 Å². The highest BCUT2D eigenvalue weighted by Gasteiger charge is 2.11. The summed E-state index contributed by atoms with van der Waals surface area (Å²) in [6.45, 7) is 5.88. The van der Waals surface area contributed by atoms with Crippen LogP contribution in [0.15, 0.2) is 18.5 Å². The van der Waals surface area contributed by atoms with Crippen molar-refractivity contribution < 1.29 is 0 Å². The lowest BCUT2D eigenvalue weighted by Gasteiger charge is -2.26. The van der Waals surface area contributed by atoms with Crippen LogP contribution in [-0.4, -0.2) is 29.1 Å². The number of rotatable bonds is 5. The molecule has 0 atom stereocenters. The van der Waals surface area contributed by atoms with Crippen LogP contribution in [0.1, 0.15) is 20.3 Å². The standard InChI is InChI=1S/C10H18N4/c1-9(2)14(8-3-5-11)10-12-6-4-7-13-10/h4,6-7,9H,3,5,8,11H2,1-2H3. The molecule has 0 unspecified atom stereocenters. The largest absolute Gasteiger partial charge is 0.338 e. The first-order chi connectivity index (χ1) is 6.75. The first-order valence-electron chi connectivity index (χ1n) is 4.99. The Hall–Kier alpha value is -1.16. The van der Waals surface area contributed by atoms with Crippen molar-refractivity contribution in [2.75, 3.05) is 18.0 Å². The Morgan fingerprint density at radius 1 is 1.36 bits per heavy atom. The minimum atomic E-state index is 0.406. The molecule has 0 aliphatic heterocycles. The molecule has 78 valence electrons. The zero-order chi connectivity index (χ0) is 10.4. The van der Waals surface area contributed by atoms with Gasteiger partial charge in [-0.25, -0.2) is 9.97 Å². The van der Waals surface area contributed by atoms with Crippen molar-refractivity contribution in [1.29, 1.82) is 0 Å². The second kappa shape index (κ2) is 5.54. The van der Waals surface area contributed by atoms with E-state index in [2.05, 4.69) is 28.7 Å². The second-order valence-corrected chi connectivity index (χ2v) is 3.48. The Kier molecular flexibility index (Phi) is 4.32. The van der Waals surface area contributed by atoms with Gasteiger partial charge in [-0.15, -0.1) is 0 Å². The van der Waals surface area contributed by atoms with Crippen LogP contribution in [0, 0.1) is 0 Å². The maximum absolute atomic E-state index is 5.49. The van der Waals surface area contributed by atoms with Gasteiger partial charge in [0.05, 0.1) is 0 Å². The van der Waals surface area contributed by atoms with E-state index in [0.29, 0.717) is 12.6 Å². The molecule has 0 radical (unpaired) electrons. The van der Waals surface area contributed by atoms with Gasteiger partial charge in [-0.3, -0.25) is 0 Å². The summed E-state index contributed by atoms with van der Waals surface area (Å²) in [6.07, 6.45) is 4.50. The predicted molar refractivity (Wildman–Crippen MR) is 58.2 cm³/mol. The number of aromatic nitrogens is 2. The number of nitrogens with two attached hydrogens (primary N) is 1. The highest BCUT2D eigenvalue weighted by molar-refractivity contribution is 5.29. The van der Waals surface area contributed by atoms with Crippen molar-refractivity contribution in [3.8, 4) is 0 Å². The fourth-order valence-corrected chi connectivity index (χ4v) is 1.29. The molecule has 0 fully saturated rings. The summed E-state index contributed by atoms with van der Waals surface area (Å²) in [4.78, 5) is 10.6. The summed E-state index contributed by atoms with van der Waals surface area (Å²) >= 11 is 0. The first-order valence-corrected chi connectivity index (χ1v) is 4.99. The lowest BCUT2D eigenvalue weighted by atomic mass is 10.3. The number of hydrogen-bond acceptors (Lipinski definition) is 4. The molecular formula is C10H18N4. The molecule has 0 saturated carbocycles. The van der Waals surface area contributed by atoms with E-state index in [4.69, 9.17) is 5.73 Å². The Labute approximate surface area is 85.2 Å². The Bertz CT molecular complexity index is 248. The summed E-state index contributed by atoms with van der Waals surface area (Å²) in [5.41, 5.74) is 5.49. The van der Waals surface area contributed by atoms with E-state index in [0.717, 1.165) is 18.9 Å². The van der Waals surface area contributed by atoms with Crippen LogP contribution >= 0.6 is 0 Å². The first kappa shape index (κ1) is 10.9. The highest BCUT2D eigenvalue weighted by Crippen LogP contribution is 2.09. The van der Waals surface area contributed by atoms with Gasteiger partial charge in [0.25, 0.3) is 0 Å². The lowest BCUT2D eigenvalue weighted by molar-refractivity contribution is 0.639. The molecular weight excluding hydrogens is 176 g/mol. The van der Waals surface area contributed by atoms with E-state index < -0.39 is 0 Å². The maximum atomic E-state index is 5.49. The van der Waals surface area contributed by atoms with Gasteiger partial charge < -0.3 is 10.6 Å². The van der Waals surface area contributed by atoms with Gasteiger partial charge >= 0.3 is 0 Å². The van der Waals surface area contributed by atoms with Crippen molar-refractivity contribution in [3.05, 3.63) is 18.5 Å². The van der Waals surface area contributed by atoms with Crippen LogP contribution in [0.3, 0.4) is 0 Å². The van der Waals surface area contributed by atoms with Gasteiger partial charge in [0, 0.05) is 25.0 Å². The molecule has 0 spiro atoms. The van der Waals surface area contributed by atoms with Gasteiger partial charge in [0.2, 0.25) is 5.95 Å². The molecule has 0 aromatic carbocycles. The third-order valence-corrected chi connectivity index (χ3v) is 2.04. The van der Waals surface area contributed by atoms with Crippen LogP contribution in [0.5, 0.6) is 0 Å². The Morgan fingerprint density at radius 2 is 2.00 bits per heavy atom. The van der Waals surface area contributed by atoms with Gasteiger partial charge in [0.15, 0.2) is 0 Å². The summed E-state index contributed by atoms with van der Waals surface area (Å²) in [7, 11) is 0. The average molecular weight is 194 g/mol. The molecule has 0 aliphatic carbocycles. The van der Waals surface area contributed by atoms with E-state index in [9.17, 15) is 0 Å². The molecule has 1 aromatic rings. The fraction of sp³-hybridized carbons (Fsp3) is 0.600. The number of hydrogen-bond donors (Lipinski definition) is 1. The molecule has 1 heterocycles. The molecule has 4 heteroatoms. The average Bonchev–Trinajstić information content (AvgIpc) is 2.19. The van der Waals surface area contributed by atoms with Crippen molar-refractivity contribution in [2.24, 2.45) is 5.73 Å². The zero-order valence-electron chi connectivity index (χ0n) is 8.85. The van der Waals surface area contributed by atoms with E-state index in [1.165, 1.54) is 0 Å². The number of anilines is 1. The summed E-state index contributed by atoms with van der Waals surface area (Å²) < 4.78 is 0. The van der Waals surface area contributed by atoms with E-state index >= 15 is 0 Å². The van der Waals surface area contributed by atoms with Crippen molar-refractivity contribution in [1.82, 2.24) is 9.97 Å². The summed E-state index contributed by atoms with van der Waals surface area (Å²) in [5.74, 6) is 0.788. The van der Waals surface area contributed by atoms with Crippen molar-refractivity contribution in [2.45, 2.75) is 26.3 Å². The van der Waals surface area contributed by atoms with Crippen LogP contribution < -0.4 is 10.6 Å². The molecule has 0 aliphatic rings. The lowest BCUT2D eigenvalue weighted by Crippen LogP contribution is -2.34. The maximum Gasteiger partial charge on any atom is 0.225 e. The summed E-state index contributed by atoms with van der Waals surface area (Å²) in [6, 6.07) is 2.23. The van der Waals surface area contributed by atoms with E-state index in [1.807, 2.05) is 6.07 Å². The third-order valence-electron chi connectivity index (χ3n) is 2.04. The Balaban J connectivity index is 2.68. The Morgan fingerprint density at radius 3 is 2.50 bits per heavy atom. The van der Waals surface area contributed by atoms with Gasteiger partial charge in [-0.1, -0.05) is 0 Å². The second-order valence-electron chi connectivity index (χ2n) is 3.48. The molecule has 0 bridgehead atoms. The van der Waals surface area contributed by atoms with E-state index in [-0.39, 0.29) is 0 Å².